The van der Waals surface area contributed by atoms with Crippen molar-refractivity contribution >= 4 is 10.9 Å². The maximum absolute atomic E-state index is 4.36. The van der Waals surface area contributed by atoms with Crippen LogP contribution < -0.4 is 0 Å². The van der Waals surface area contributed by atoms with Crippen molar-refractivity contribution in [2.24, 2.45) is 0 Å². The fourth-order valence-corrected chi connectivity index (χ4v) is 2.28. The molecule has 4 rings (SSSR count). The summed E-state index contributed by atoms with van der Waals surface area (Å²) in [4.78, 5) is 4.34. The third-order valence-electron chi connectivity index (χ3n) is 3.25. The van der Waals surface area contributed by atoms with E-state index in [1.54, 1.807) is 12.4 Å². The number of nitrogens with zero attached hydrogens (tertiary/aromatic N) is 4. The van der Waals surface area contributed by atoms with Crippen molar-refractivity contribution in [3.05, 3.63) is 61.1 Å². The van der Waals surface area contributed by atoms with Crippen molar-refractivity contribution in [2.75, 3.05) is 0 Å². The van der Waals surface area contributed by atoms with Gasteiger partial charge in [-0.1, -0.05) is 18.2 Å². The average molecular weight is 261 g/mol. The van der Waals surface area contributed by atoms with Gasteiger partial charge in [0.25, 0.3) is 0 Å². The standard InChI is InChI=1S/C15H11N5/c1-2-7-16-15(3-1)20-14(6-8-18-20)11-4-5-12-10-17-19-13(12)9-11/h1-10H,(H,17,19). The normalized spacial score (nSPS) is 11.0. The Morgan fingerprint density at radius 1 is 1.00 bits per heavy atom. The first kappa shape index (κ1) is 10.9. The summed E-state index contributed by atoms with van der Waals surface area (Å²) in [5, 5.41) is 12.5. The summed E-state index contributed by atoms with van der Waals surface area (Å²) in [5.74, 6) is 0.803. The molecular formula is C15H11N5. The van der Waals surface area contributed by atoms with E-state index in [2.05, 4.69) is 32.4 Å². The second-order valence-electron chi connectivity index (χ2n) is 4.49. The Morgan fingerprint density at radius 3 is 2.90 bits per heavy atom. The summed E-state index contributed by atoms with van der Waals surface area (Å²) in [6, 6.07) is 13.9. The van der Waals surface area contributed by atoms with Gasteiger partial charge in [0.1, 0.15) is 0 Å². The zero-order valence-electron chi connectivity index (χ0n) is 10.6. The van der Waals surface area contributed by atoms with E-state index in [1.165, 1.54) is 0 Å². The molecule has 5 heteroatoms. The minimum atomic E-state index is 0.803. The molecule has 0 saturated heterocycles. The van der Waals surface area contributed by atoms with E-state index in [9.17, 15) is 0 Å². The van der Waals surface area contributed by atoms with Gasteiger partial charge in [-0.05, 0) is 24.3 Å². The average Bonchev–Trinajstić information content (AvgIpc) is 3.16. The Kier molecular flexibility index (Phi) is 2.35. The molecule has 0 amide bonds. The van der Waals surface area contributed by atoms with Gasteiger partial charge in [-0.25, -0.2) is 9.67 Å². The van der Waals surface area contributed by atoms with Gasteiger partial charge < -0.3 is 0 Å². The number of fused-ring (bicyclic) bond motifs is 1. The molecule has 0 bridgehead atoms. The third kappa shape index (κ3) is 1.68. The van der Waals surface area contributed by atoms with Crippen LogP contribution >= 0.6 is 0 Å². The number of hydrogen-bond acceptors (Lipinski definition) is 3. The first-order chi connectivity index (χ1) is 9.92. The summed E-state index contributed by atoms with van der Waals surface area (Å²) in [7, 11) is 0. The number of rotatable bonds is 2. The van der Waals surface area contributed by atoms with Crippen LogP contribution in [0.1, 0.15) is 0 Å². The molecule has 0 aliphatic carbocycles. The number of hydrogen-bond donors (Lipinski definition) is 1. The van der Waals surface area contributed by atoms with Gasteiger partial charge in [0, 0.05) is 17.1 Å². The molecule has 0 aliphatic rings. The van der Waals surface area contributed by atoms with Crippen molar-refractivity contribution in [3.8, 4) is 17.1 Å². The Balaban J connectivity index is 1.88. The molecule has 0 unspecified atom stereocenters. The molecule has 0 fully saturated rings. The van der Waals surface area contributed by atoms with Gasteiger partial charge >= 0.3 is 0 Å². The maximum Gasteiger partial charge on any atom is 0.153 e. The van der Waals surface area contributed by atoms with Crippen LogP contribution in [-0.4, -0.2) is 25.0 Å². The molecule has 0 aliphatic heterocycles. The second kappa shape index (κ2) is 4.31. The molecule has 20 heavy (non-hydrogen) atoms. The van der Waals surface area contributed by atoms with E-state index < -0.39 is 0 Å². The lowest BCUT2D eigenvalue weighted by atomic mass is 10.1. The molecule has 96 valence electrons. The highest BCUT2D eigenvalue weighted by Crippen LogP contribution is 2.24. The number of aromatic amines is 1. The van der Waals surface area contributed by atoms with E-state index in [0.29, 0.717) is 0 Å². The quantitative estimate of drug-likeness (QED) is 0.603. The largest absolute Gasteiger partial charge is 0.278 e. The van der Waals surface area contributed by atoms with Gasteiger partial charge in [-0.15, -0.1) is 0 Å². The molecule has 3 heterocycles. The number of aromatic nitrogens is 5. The Labute approximate surface area is 114 Å². The summed E-state index contributed by atoms with van der Waals surface area (Å²) in [5.41, 5.74) is 3.08. The van der Waals surface area contributed by atoms with Crippen LogP contribution in [0.3, 0.4) is 0 Å². The van der Waals surface area contributed by atoms with Crippen LogP contribution in [0.2, 0.25) is 0 Å². The number of benzene rings is 1. The molecule has 0 spiro atoms. The minimum absolute atomic E-state index is 0.803. The molecule has 0 saturated carbocycles. The topological polar surface area (TPSA) is 59.4 Å². The molecule has 3 aromatic heterocycles. The van der Waals surface area contributed by atoms with Crippen molar-refractivity contribution in [1.29, 1.82) is 0 Å². The van der Waals surface area contributed by atoms with Gasteiger partial charge in [0.05, 0.1) is 23.6 Å². The van der Waals surface area contributed by atoms with Crippen LogP contribution in [-0.2, 0) is 0 Å². The monoisotopic (exact) mass is 261 g/mol. The minimum Gasteiger partial charge on any atom is -0.278 e. The van der Waals surface area contributed by atoms with Gasteiger partial charge in [0.15, 0.2) is 5.82 Å². The van der Waals surface area contributed by atoms with Gasteiger partial charge in [-0.2, -0.15) is 10.2 Å². The van der Waals surface area contributed by atoms with Crippen molar-refractivity contribution in [1.82, 2.24) is 25.0 Å². The number of H-pyrrole nitrogens is 1. The van der Waals surface area contributed by atoms with E-state index in [0.717, 1.165) is 28.0 Å². The fourth-order valence-electron chi connectivity index (χ4n) is 2.28. The van der Waals surface area contributed by atoms with Crippen LogP contribution in [0.15, 0.2) is 61.1 Å². The SMILES string of the molecule is c1ccc(-n2nccc2-c2ccc3cn[nH]c3c2)nc1. The molecule has 0 atom stereocenters. The summed E-state index contributed by atoms with van der Waals surface area (Å²) < 4.78 is 1.83. The maximum atomic E-state index is 4.36. The highest BCUT2D eigenvalue weighted by atomic mass is 15.3. The third-order valence-corrected chi connectivity index (χ3v) is 3.25. The van der Waals surface area contributed by atoms with Crippen molar-refractivity contribution in [2.45, 2.75) is 0 Å². The van der Waals surface area contributed by atoms with Crippen LogP contribution in [0.25, 0.3) is 28.0 Å². The van der Waals surface area contributed by atoms with E-state index in [-0.39, 0.29) is 0 Å². The summed E-state index contributed by atoms with van der Waals surface area (Å²) >= 11 is 0. The smallest absolute Gasteiger partial charge is 0.153 e. The highest BCUT2D eigenvalue weighted by molar-refractivity contribution is 5.83. The molecule has 1 aromatic carbocycles. The zero-order chi connectivity index (χ0) is 13.4. The molecule has 0 radical (unpaired) electrons. The number of pyridine rings is 1. The molecular weight excluding hydrogens is 250 g/mol. The predicted molar refractivity (Wildman–Crippen MR) is 76.4 cm³/mol. The highest BCUT2D eigenvalue weighted by Gasteiger charge is 2.09. The summed E-state index contributed by atoms with van der Waals surface area (Å²) in [6.07, 6.45) is 5.36. The first-order valence-corrected chi connectivity index (χ1v) is 6.31. The van der Waals surface area contributed by atoms with E-state index in [4.69, 9.17) is 0 Å². The second-order valence-corrected chi connectivity index (χ2v) is 4.49. The van der Waals surface area contributed by atoms with Gasteiger partial charge in [-0.3, -0.25) is 5.10 Å². The van der Waals surface area contributed by atoms with E-state index >= 15 is 0 Å². The Bertz CT molecular complexity index is 860. The predicted octanol–water partition coefficient (Wildman–Crippen LogP) is 2.81. The lowest BCUT2D eigenvalue weighted by Gasteiger charge is -2.06. The fraction of sp³-hybridized carbons (Fsp3) is 0. The molecule has 4 aromatic rings. The number of nitrogens with one attached hydrogen (secondary N) is 1. The van der Waals surface area contributed by atoms with Crippen LogP contribution in [0, 0.1) is 0 Å². The Hall–Kier alpha value is -2.95. The molecule has 1 N–H and O–H groups in total. The van der Waals surface area contributed by atoms with Crippen LogP contribution in [0.4, 0.5) is 0 Å². The van der Waals surface area contributed by atoms with Crippen molar-refractivity contribution < 1.29 is 0 Å². The lowest BCUT2D eigenvalue weighted by molar-refractivity contribution is 0.854. The van der Waals surface area contributed by atoms with Gasteiger partial charge in [0.2, 0.25) is 0 Å². The molecule has 5 nitrogen and oxygen atoms in total. The lowest BCUT2D eigenvalue weighted by Crippen LogP contribution is -2.00. The summed E-state index contributed by atoms with van der Waals surface area (Å²) in [6.45, 7) is 0. The van der Waals surface area contributed by atoms with Crippen molar-refractivity contribution in [3.63, 3.8) is 0 Å². The zero-order valence-corrected chi connectivity index (χ0v) is 10.6. The first-order valence-electron chi connectivity index (χ1n) is 6.31. The van der Waals surface area contributed by atoms with E-state index in [1.807, 2.05) is 41.2 Å². The Morgan fingerprint density at radius 2 is 2.00 bits per heavy atom. The van der Waals surface area contributed by atoms with Crippen LogP contribution in [0.5, 0.6) is 0 Å².